The van der Waals surface area contributed by atoms with Gasteiger partial charge in [-0.3, -0.25) is 0 Å². The lowest BCUT2D eigenvalue weighted by atomic mass is 10.6. The average molecular weight is 1190 g/mol. The van der Waals surface area contributed by atoms with Crippen molar-refractivity contribution in [1.29, 1.82) is 0 Å². The Kier molecular flexibility index (Phi) is 72.2. The molecule has 0 amide bonds. The van der Waals surface area contributed by atoms with Crippen molar-refractivity contribution in [2.75, 3.05) is 357 Å². The van der Waals surface area contributed by atoms with Gasteiger partial charge in [0.2, 0.25) is 0 Å². The Balaban J connectivity index is 2.00. The monoisotopic (exact) mass is 1190 g/mol. The van der Waals surface area contributed by atoms with E-state index in [0.29, 0.717) is 357 Å². The van der Waals surface area contributed by atoms with Crippen LogP contribution in [-0.4, -0.2) is 357 Å². The van der Waals surface area contributed by atoms with Crippen LogP contribution in [0, 0.1) is 0 Å². The van der Waals surface area contributed by atoms with E-state index in [9.17, 15) is 0 Å². The fourth-order valence-corrected chi connectivity index (χ4v) is 5.94. The molecule has 0 N–H and O–H groups in total. The molecule has 0 bridgehead atoms. The molecule has 0 radical (unpaired) electrons. The summed E-state index contributed by atoms with van der Waals surface area (Å²) >= 11 is 0. The van der Waals surface area contributed by atoms with Gasteiger partial charge in [-0.15, -0.1) is 0 Å². The predicted octanol–water partition coefficient (Wildman–Crippen LogP) is 0.448. The highest BCUT2D eigenvalue weighted by molar-refractivity contribution is 4.44. The minimum Gasteiger partial charge on any atom is -0.377 e. The second kappa shape index (κ2) is 75.0. The van der Waals surface area contributed by atoms with Gasteiger partial charge in [0.1, 0.15) is 0 Å². The molecule has 0 spiro atoms. The van der Waals surface area contributed by atoms with Gasteiger partial charge in [-0.1, -0.05) is 0 Å². The maximum atomic E-state index is 5.53. The number of hydrogen-bond donors (Lipinski definition) is 0. The summed E-state index contributed by atoms with van der Waals surface area (Å²) < 4.78 is 149. The molecule has 81 heavy (non-hydrogen) atoms. The van der Waals surface area contributed by atoms with E-state index < -0.39 is 0 Å². The van der Waals surface area contributed by atoms with Crippen molar-refractivity contribution in [3.05, 3.63) is 0 Å². The molecule has 1 saturated heterocycles. The SMILES string of the molecule is C1COCCOCCOCCOCCOCCOCCOCCOCCOCCOCCOCCOCCOCCOCCOCCOCCOCCOCCOCCOCCOCCOCCOCCOCCOCCOCCO1. The molecule has 27 heteroatoms. The summed E-state index contributed by atoms with van der Waals surface area (Å²) in [7, 11) is 0. The Morgan fingerprint density at radius 1 is 0.0494 bits per heavy atom. The first-order valence-electron chi connectivity index (χ1n) is 29.1. The molecule has 1 aliphatic rings. The van der Waals surface area contributed by atoms with E-state index in [1.165, 1.54) is 0 Å². The standard InChI is InChI=1S/C54H108O27/c1-2-56-5-6-58-9-10-60-13-14-62-17-18-64-21-22-66-25-26-68-29-30-70-33-34-72-37-38-74-41-42-76-45-46-78-49-50-80-53-54-81-52-51-79-48-47-77-44-43-75-40-39-73-36-35-71-32-31-69-28-27-67-24-23-65-20-19-63-16-15-61-12-11-59-8-7-57-4-3-55-1/h1-54H2. The topological polar surface area (TPSA) is 249 Å². The molecule has 0 atom stereocenters. The second-order valence-electron chi connectivity index (χ2n) is 16.5. The van der Waals surface area contributed by atoms with Gasteiger partial charge in [-0.2, -0.15) is 0 Å². The Morgan fingerprint density at radius 2 is 0.0741 bits per heavy atom. The van der Waals surface area contributed by atoms with Crippen LogP contribution in [0.4, 0.5) is 0 Å². The van der Waals surface area contributed by atoms with E-state index in [0.717, 1.165) is 0 Å². The lowest BCUT2D eigenvalue weighted by molar-refractivity contribution is -0.0321. The van der Waals surface area contributed by atoms with Crippen LogP contribution in [-0.2, 0) is 128 Å². The van der Waals surface area contributed by atoms with Crippen molar-refractivity contribution in [3.8, 4) is 0 Å². The maximum absolute atomic E-state index is 5.53. The van der Waals surface area contributed by atoms with Crippen molar-refractivity contribution in [1.82, 2.24) is 0 Å². The summed E-state index contributed by atoms with van der Waals surface area (Å²) in [6, 6.07) is 0. The van der Waals surface area contributed by atoms with Gasteiger partial charge < -0.3 is 128 Å². The van der Waals surface area contributed by atoms with E-state index in [1.54, 1.807) is 0 Å². The Hall–Kier alpha value is -1.08. The highest BCUT2D eigenvalue weighted by atomic mass is 16.6. The zero-order valence-electron chi connectivity index (χ0n) is 49.2. The van der Waals surface area contributed by atoms with E-state index >= 15 is 0 Å². The summed E-state index contributed by atoms with van der Waals surface area (Å²) in [5, 5.41) is 0. The molecule has 0 unspecified atom stereocenters. The third-order valence-corrected chi connectivity index (χ3v) is 10.0. The van der Waals surface area contributed by atoms with Crippen molar-refractivity contribution in [3.63, 3.8) is 0 Å². The highest BCUT2D eigenvalue weighted by Crippen LogP contribution is 1.92. The van der Waals surface area contributed by atoms with Crippen molar-refractivity contribution >= 4 is 0 Å². The van der Waals surface area contributed by atoms with Crippen LogP contribution in [0.25, 0.3) is 0 Å². The molecule has 1 heterocycles. The molecule has 486 valence electrons. The number of ether oxygens (including phenoxy) is 27. The molecular formula is C54H108O27. The van der Waals surface area contributed by atoms with Gasteiger partial charge in [0.05, 0.1) is 357 Å². The summed E-state index contributed by atoms with van der Waals surface area (Å²) in [5.74, 6) is 0. The van der Waals surface area contributed by atoms with Crippen LogP contribution in [0.1, 0.15) is 0 Å². The van der Waals surface area contributed by atoms with Crippen LogP contribution in [0.3, 0.4) is 0 Å². The fraction of sp³-hybridized carbons (Fsp3) is 1.00. The first-order chi connectivity index (χ1) is 40.5. The van der Waals surface area contributed by atoms with Gasteiger partial charge in [0.25, 0.3) is 0 Å². The second-order valence-corrected chi connectivity index (χ2v) is 16.5. The van der Waals surface area contributed by atoms with Crippen molar-refractivity contribution in [2.24, 2.45) is 0 Å². The van der Waals surface area contributed by atoms with Crippen LogP contribution in [0.15, 0.2) is 0 Å². The molecule has 27 nitrogen and oxygen atoms in total. The Morgan fingerprint density at radius 3 is 0.0988 bits per heavy atom. The van der Waals surface area contributed by atoms with Crippen LogP contribution >= 0.6 is 0 Å². The van der Waals surface area contributed by atoms with Crippen LogP contribution < -0.4 is 0 Å². The molecule has 0 saturated carbocycles. The Labute approximate surface area is 483 Å². The quantitative estimate of drug-likeness (QED) is 0.319. The Bertz CT molecular complexity index is 588. The zero-order valence-corrected chi connectivity index (χ0v) is 49.2. The van der Waals surface area contributed by atoms with Gasteiger partial charge in [0.15, 0.2) is 0 Å². The van der Waals surface area contributed by atoms with E-state index in [1.807, 2.05) is 0 Å². The molecule has 0 aromatic heterocycles. The molecular weight excluding hydrogens is 1080 g/mol. The van der Waals surface area contributed by atoms with Gasteiger partial charge >= 0.3 is 0 Å². The van der Waals surface area contributed by atoms with Crippen LogP contribution in [0.2, 0.25) is 0 Å². The minimum absolute atomic E-state index is 0.486. The smallest absolute Gasteiger partial charge is 0.0701 e. The molecule has 0 aromatic rings. The van der Waals surface area contributed by atoms with Gasteiger partial charge in [-0.05, 0) is 0 Å². The molecule has 1 fully saturated rings. The van der Waals surface area contributed by atoms with E-state index in [4.69, 9.17) is 128 Å². The molecule has 1 aliphatic heterocycles. The lowest BCUT2D eigenvalue weighted by Crippen LogP contribution is -2.16. The van der Waals surface area contributed by atoms with Gasteiger partial charge in [-0.25, -0.2) is 0 Å². The molecule has 0 aromatic carbocycles. The normalized spacial score (nSPS) is 24.0. The third-order valence-electron chi connectivity index (χ3n) is 10.0. The van der Waals surface area contributed by atoms with Crippen molar-refractivity contribution < 1.29 is 128 Å². The molecule has 1 rings (SSSR count). The summed E-state index contributed by atoms with van der Waals surface area (Å²) in [6.45, 7) is 26.2. The minimum atomic E-state index is 0.486. The summed E-state index contributed by atoms with van der Waals surface area (Å²) in [4.78, 5) is 0. The third kappa shape index (κ3) is 73.1. The zero-order chi connectivity index (χ0) is 57.3. The van der Waals surface area contributed by atoms with Crippen molar-refractivity contribution in [2.45, 2.75) is 0 Å². The highest BCUT2D eigenvalue weighted by Gasteiger charge is 2.01. The number of hydrogen-bond acceptors (Lipinski definition) is 27. The van der Waals surface area contributed by atoms with Gasteiger partial charge in [0, 0.05) is 0 Å². The van der Waals surface area contributed by atoms with E-state index in [-0.39, 0.29) is 0 Å². The first-order valence-corrected chi connectivity index (χ1v) is 29.1. The predicted molar refractivity (Wildman–Crippen MR) is 292 cm³/mol. The first kappa shape index (κ1) is 77.9. The van der Waals surface area contributed by atoms with E-state index in [2.05, 4.69) is 0 Å². The molecule has 0 aliphatic carbocycles. The lowest BCUT2D eigenvalue weighted by Gasteiger charge is -2.09. The maximum Gasteiger partial charge on any atom is 0.0701 e. The number of rotatable bonds is 0. The summed E-state index contributed by atoms with van der Waals surface area (Å²) in [5.41, 5.74) is 0. The summed E-state index contributed by atoms with van der Waals surface area (Å²) in [6.07, 6.45) is 0. The largest absolute Gasteiger partial charge is 0.377 e. The fourth-order valence-electron chi connectivity index (χ4n) is 5.94. The average Bonchev–Trinajstić information content (AvgIpc) is 3.47. The van der Waals surface area contributed by atoms with Crippen LogP contribution in [0.5, 0.6) is 0 Å².